The maximum atomic E-state index is 11.0. The zero-order valence-electron chi connectivity index (χ0n) is 11.0. The zero-order valence-corrected chi connectivity index (χ0v) is 11.0. The summed E-state index contributed by atoms with van der Waals surface area (Å²) in [4.78, 5) is 18.8. The molecule has 0 atom stereocenters. The van der Waals surface area contributed by atoms with Crippen molar-refractivity contribution < 1.29 is 14.6 Å². The molecule has 0 aliphatic rings. The first-order chi connectivity index (χ1) is 9.70. The number of hydrogen-bond donors (Lipinski definition) is 2. The van der Waals surface area contributed by atoms with E-state index in [0.717, 1.165) is 11.3 Å². The van der Waals surface area contributed by atoms with Gasteiger partial charge in [0, 0.05) is 19.0 Å². The largest absolute Gasteiger partial charge is 0.478 e. The fraction of sp³-hybridized carbons (Fsp3) is 0.214. The van der Waals surface area contributed by atoms with Crippen LogP contribution in [-0.4, -0.2) is 28.2 Å². The Labute approximate surface area is 116 Å². The summed E-state index contributed by atoms with van der Waals surface area (Å²) in [7, 11) is 1.64. The Morgan fingerprint density at radius 3 is 3.05 bits per heavy atom. The lowest BCUT2D eigenvalue weighted by Gasteiger charge is -2.09. The van der Waals surface area contributed by atoms with Crippen LogP contribution >= 0.6 is 0 Å². The van der Waals surface area contributed by atoms with Gasteiger partial charge in [-0.2, -0.15) is 0 Å². The number of carboxylic acids is 1. The first-order valence-corrected chi connectivity index (χ1v) is 6.04. The number of ether oxygens (including phenoxy) is 1. The molecular weight excluding hydrogens is 258 g/mol. The van der Waals surface area contributed by atoms with Gasteiger partial charge in [0.05, 0.1) is 18.8 Å². The molecule has 0 saturated heterocycles. The number of carboxylic acid groups (broad SMARTS) is 1. The van der Waals surface area contributed by atoms with E-state index in [9.17, 15) is 4.79 Å². The highest BCUT2D eigenvalue weighted by atomic mass is 16.5. The van der Waals surface area contributed by atoms with Crippen molar-refractivity contribution in [3.05, 3.63) is 53.6 Å². The second-order valence-electron chi connectivity index (χ2n) is 4.18. The first kappa shape index (κ1) is 14.0. The molecule has 0 aliphatic heterocycles. The van der Waals surface area contributed by atoms with Crippen molar-refractivity contribution in [2.75, 3.05) is 12.4 Å². The summed E-state index contributed by atoms with van der Waals surface area (Å²) < 4.78 is 5.07. The van der Waals surface area contributed by atoms with Gasteiger partial charge in [-0.25, -0.2) is 14.8 Å². The average Bonchev–Trinajstić information content (AvgIpc) is 2.46. The minimum Gasteiger partial charge on any atom is -0.478 e. The Hall–Kier alpha value is -2.47. The number of nitrogens with zero attached hydrogens (tertiary/aromatic N) is 2. The Bertz CT molecular complexity index is 602. The molecule has 1 heterocycles. The summed E-state index contributed by atoms with van der Waals surface area (Å²) in [5, 5.41) is 12.2. The van der Waals surface area contributed by atoms with Gasteiger partial charge in [0.1, 0.15) is 11.9 Å². The van der Waals surface area contributed by atoms with Crippen LogP contribution in [0.5, 0.6) is 0 Å². The molecule has 0 unspecified atom stereocenters. The number of rotatable bonds is 6. The molecule has 0 spiro atoms. The molecule has 2 aromatic rings. The number of aromatic carboxylic acids is 1. The van der Waals surface area contributed by atoms with E-state index in [1.54, 1.807) is 7.11 Å². The number of methoxy groups -OCH3 is 1. The van der Waals surface area contributed by atoms with Crippen molar-refractivity contribution in [1.29, 1.82) is 0 Å². The van der Waals surface area contributed by atoms with Crippen LogP contribution in [0.2, 0.25) is 0 Å². The smallest absolute Gasteiger partial charge is 0.339 e. The van der Waals surface area contributed by atoms with Crippen LogP contribution in [-0.2, 0) is 17.9 Å². The molecule has 6 heteroatoms. The van der Waals surface area contributed by atoms with Crippen molar-refractivity contribution in [3.63, 3.8) is 0 Å². The molecule has 104 valence electrons. The second-order valence-corrected chi connectivity index (χ2v) is 4.18. The van der Waals surface area contributed by atoms with Gasteiger partial charge in [-0.3, -0.25) is 0 Å². The molecule has 20 heavy (non-hydrogen) atoms. The van der Waals surface area contributed by atoms with E-state index < -0.39 is 5.97 Å². The van der Waals surface area contributed by atoms with E-state index in [-0.39, 0.29) is 5.56 Å². The number of benzene rings is 1. The molecule has 2 N–H and O–H groups in total. The molecule has 2 rings (SSSR count). The van der Waals surface area contributed by atoms with Gasteiger partial charge >= 0.3 is 5.97 Å². The van der Waals surface area contributed by atoms with Crippen LogP contribution in [0.25, 0.3) is 0 Å². The van der Waals surface area contributed by atoms with Gasteiger partial charge in [-0.15, -0.1) is 0 Å². The lowest BCUT2D eigenvalue weighted by molar-refractivity contribution is 0.0694. The first-order valence-electron chi connectivity index (χ1n) is 6.04. The number of hydrogen-bond acceptors (Lipinski definition) is 5. The summed E-state index contributed by atoms with van der Waals surface area (Å²) in [6.45, 7) is 0.851. The highest BCUT2D eigenvalue weighted by Crippen LogP contribution is 2.13. The summed E-state index contributed by atoms with van der Waals surface area (Å²) in [5.74, 6) is -1.03. The predicted molar refractivity (Wildman–Crippen MR) is 73.5 cm³/mol. The third kappa shape index (κ3) is 3.52. The molecule has 1 aromatic carbocycles. The normalized spacial score (nSPS) is 10.2. The number of carbonyl (C=O) groups is 1. The Morgan fingerprint density at radius 2 is 2.30 bits per heavy atom. The summed E-state index contributed by atoms with van der Waals surface area (Å²) >= 11 is 0. The third-order valence-corrected chi connectivity index (χ3v) is 2.72. The van der Waals surface area contributed by atoms with Crippen LogP contribution in [0.4, 0.5) is 5.69 Å². The molecule has 0 amide bonds. The minimum atomic E-state index is -1.03. The average molecular weight is 273 g/mol. The van der Waals surface area contributed by atoms with E-state index in [1.807, 2.05) is 24.3 Å². The van der Waals surface area contributed by atoms with E-state index in [0.29, 0.717) is 18.8 Å². The number of anilines is 1. The van der Waals surface area contributed by atoms with Crippen molar-refractivity contribution in [1.82, 2.24) is 9.97 Å². The SMILES string of the molecule is COCc1cccc(NCc2ncncc2C(=O)O)c1. The van der Waals surface area contributed by atoms with Gasteiger partial charge < -0.3 is 15.2 Å². The summed E-state index contributed by atoms with van der Waals surface area (Å²) in [5.41, 5.74) is 2.48. The fourth-order valence-corrected chi connectivity index (χ4v) is 1.80. The summed E-state index contributed by atoms with van der Waals surface area (Å²) in [6, 6.07) is 7.72. The lowest BCUT2D eigenvalue weighted by Crippen LogP contribution is -2.10. The zero-order chi connectivity index (χ0) is 14.4. The van der Waals surface area contributed by atoms with Crippen molar-refractivity contribution in [3.8, 4) is 0 Å². The van der Waals surface area contributed by atoms with Gasteiger partial charge in [-0.05, 0) is 17.7 Å². The monoisotopic (exact) mass is 273 g/mol. The van der Waals surface area contributed by atoms with Crippen LogP contribution in [0, 0.1) is 0 Å². The maximum absolute atomic E-state index is 11.0. The molecule has 0 saturated carbocycles. The molecule has 0 fully saturated rings. The van der Waals surface area contributed by atoms with Gasteiger partial charge in [0.15, 0.2) is 0 Å². The standard InChI is InChI=1S/C14H15N3O3/c1-20-8-10-3-2-4-11(5-10)16-7-13-12(14(18)19)6-15-9-17-13/h2-6,9,16H,7-8H2,1H3,(H,18,19). The summed E-state index contributed by atoms with van der Waals surface area (Å²) in [6.07, 6.45) is 2.64. The number of nitrogens with one attached hydrogen (secondary N) is 1. The van der Waals surface area contributed by atoms with Gasteiger partial charge in [0.25, 0.3) is 0 Å². The lowest BCUT2D eigenvalue weighted by atomic mass is 10.2. The van der Waals surface area contributed by atoms with Gasteiger partial charge in [-0.1, -0.05) is 12.1 Å². The van der Waals surface area contributed by atoms with Crippen molar-refractivity contribution in [2.45, 2.75) is 13.2 Å². The van der Waals surface area contributed by atoms with Crippen molar-refractivity contribution in [2.24, 2.45) is 0 Å². The fourth-order valence-electron chi connectivity index (χ4n) is 1.80. The molecular formula is C14H15N3O3. The molecule has 0 radical (unpaired) electrons. The Balaban J connectivity index is 2.09. The third-order valence-electron chi connectivity index (χ3n) is 2.72. The van der Waals surface area contributed by atoms with E-state index in [1.165, 1.54) is 12.5 Å². The van der Waals surface area contributed by atoms with Crippen LogP contribution in [0.15, 0.2) is 36.8 Å². The Kier molecular flexibility index (Phi) is 4.62. The highest BCUT2D eigenvalue weighted by Gasteiger charge is 2.10. The quantitative estimate of drug-likeness (QED) is 0.836. The molecule has 0 aliphatic carbocycles. The Morgan fingerprint density at radius 1 is 1.45 bits per heavy atom. The second kappa shape index (κ2) is 6.63. The topological polar surface area (TPSA) is 84.3 Å². The molecule has 0 bridgehead atoms. The van der Waals surface area contributed by atoms with E-state index >= 15 is 0 Å². The maximum Gasteiger partial charge on any atom is 0.339 e. The van der Waals surface area contributed by atoms with E-state index in [2.05, 4.69) is 15.3 Å². The predicted octanol–water partition coefficient (Wildman–Crippen LogP) is 1.93. The van der Waals surface area contributed by atoms with Crippen LogP contribution in [0.3, 0.4) is 0 Å². The van der Waals surface area contributed by atoms with Gasteiger partial charge in [0.2, 0.25) is 0 Å². The highest BCUT2D eigenvalue weighted by molar-refractivity contribution is 5.88. The molecule has 1 aromatic heterocycles. The van der Waals surface area contributed by atoms with Crippen molar-refractivity contribution >= 4 is 11.7 Å². The van der Waals surface area contributed by atoms with Crippen LogP contribution < -0.4 is 5.32 Å². The molecule has 6 nitrogen and oxygen atoms in total. The minimum absolute atomic E-state index is 0.105. The van der Waals surface area contributed by atoms with E-state index in [4.69, 9.17) is 9.84 Å². The van der Waals surface area contributed by atoms with Crippen LogP contribution in [0.1, 0.15) is 21.6 Å². The number of aromatic nitrogens is 2.